The molecule has 4 nitrogen and oxygen atoms in total. The number of halogens is 14. The Morgan fingerprint density at radius 1 is 0.513 bits per heavy atom. The number of nitrogens with two attached hydrogens (primary N) is 2. The highest BCUT2D eigenvalue weighted by molar-refractivity contribution is 5.58. The maximum atomic E-state index is 14.4. The molecule has 3 aromatic rings. The van der Waals surface area contributed by atoms with Crippen LogP contribution < -0.4 is 20.9 Å². The molecule has 3 aromatic carbocycles. The Morgan fingerprint density at radius 2 is 0.923 bits per heavy atom. The normalized spacial score (nSPS) is 12.6. The second kappa shape index (κ2) is 9.57. The van der Waals surface area contributed by atoms with E-state index >= 15 is 0 Å². The van der Waals surface area contributed by atoms with Crippen LogP contribution in [0.1, 0.15) is 16.7 Å². The van der Waals surface area contributed by atoms with Gasteiger partial charge in [-0.15, -0.1) is 0 Å². The zero-order chi connectivity index (χ0) is 29.8. The van der Waals surface area contributed by atoms with Gasteiger partial charge in [0.2, 0.25) is 11.5 Å². The largest absolute Gasteiger partial charge is 0.451 e. The lowest BCUT2D eigenvalue weighted by Crippen LogP contribution is -2.14. The van der Waals surface area contributed by atoms with Crippen LogP contribution in [0.25, 0.3) is 0 Å². The van der Waals surface area contributed by atoms with Crippen molar-refractivity contribution in [2.45, 2.75) is 18.5 Å². The van der Waals surface area contributed by atoms with Crippen LogP contribution in [0.3, 0.4) is 0 Å². The van der Waals surface area contributed by atoms with Gasteiger partial charge < -0.3 is 20.9 Å². The van der Waals surface area contributed by atoms with E-state index in [0.717, 1.165) is 0 Å². The van der Waals surface area contributed by atoms with Crippen molar-refractivity contribution >= 4 is 11.4 Å². The first-order valence-corrected chi connectivity index (χ1v) is 9.60. The first kappa shape index (κ1) is 29.4. The molecule has 0 heterocycles. The Morgan fingerprint density at radius 3 is 1.31 bits per heavy atom. The van der Waals surface area contributed by atoms with Crippen LogP contribution in [0, 0.1) is 29.1 Å². The van der Waals surface area contributed by atoms with Crippen molar-refractivity contribution < 1.29 is 70.9 Å². The van der Waals surface area contributed by atoms with Gasteiger partial charge in [0.25, 0.3) is 0 Å². The molecule has 0 saturated heterocycles. The highest BCUT2D eigenvalue weighted by Crippen LogP contribution is 2.47. The quantitative estimate of drug-likeness (QED) is 0.239. The minimum absolute atomic E-state index is 0.0641. The van der Waals surface area contributed by atoms with E-state index in [-0.39, 0.29) is 18.2 Å². The zero-order valence-electron chi connectivity index (χ0n) is 18.1. The van der Waals surface area contributed by atoms with Gasteiger partial charge in [-0.05, 0) is 12.1 Å². The van der Waals surface area contributed by atoms with Gasteiger partial charge in [-0.2, -0.15) is 39.5 Å². The van der Waals surface area contributed by atoms with Crippen molar-refractivity contribution in [3.05, 3.63) is 70.0 Å². The fraction of sp³-hybridized carbons (Fsp3) is 0.143. The third-order valence-corrected chi connectivity index (χ3v) is 4.78. The predicted octanol–water partition coefficient (Wildman–Crippen LogP) is 8.19. The topological polar surface area (TPSA) is 70.5 Å². The molecule has 212 valence electrons. The predicted molar refractivity (Wildman–Crippen MR) is 103 cm³/mol. The van der Waals surface area contributed by atoms with E-state index in [1.54, 1.807) is 0 Å². The summed E-state index contributed by atoms with van der Waals surface area (Å²) in [4.78, 5) is 0. The Bertz CT molecular complexity index is 1450. The van der Waals surface area contributed by atoms with Crippen LogP contribution in [-0.4, -0.2) is 0 Å². The summed E-state index contributed by atoms with van der Waals surface area (Å²) < 4.78 is 198. The second-order valence-corrected chi connectivity index (χ2v) is 7.40. The minimum Gasteiger partial charge on any atom is -0.451 e. The summed E-state index contributed by atoms with van der Waals surface area (Å²) in [7, 11) is 0. The molecule has 0 aromatic heterocycles. The third kappa shape index (κ3) is 5.68. The molecule has 0 amide bonds. The summed E-state index contributed by atoms with van der Waals surface area (Å²) in [6.07, 6.45) is -16.5. The van der Waals surface area contributed by atoms with E-state index in [4.69, 9.17) is 11.5 Å². The van der Waals surface area contributed by atoms with E-state index < -0.39 is 105 Å². The maximum absolute atomic E-state index is 14.4. The van der Waals surface area contributed by atoms with Crippen molar-refractivity contribution in [2.75, 3.05) is 11.5 Å². The lowest BCUT2D eigenvalue weighted by Gasteiger charge is -2.19. The van der Waals surface area contributed by atoms with E-state index in [1.165, 1.54) is 0 Å². The van der Waals surface area contributed by atoms with E-state index in [2.05, 4.69) is 9.47 Å². The summed E-state index contributed by atoms with van der Waals surface area (Å²) in [5, 5.41) is 0. The molecular weight excluding hydrogens is 578 g/mol. The number of ether oxygens (including phenoxy) is 2. The first-order valence-electron chi connectivity index (χ1n) is 9.60. The van der Waals surface area contributed by atoms with Crippen LogP contribution in [-0.2, 0) is 18.5 Å². The van der Waals surface area contributed by atoms with Gasteiger partial charge in [0, 0.05) is 12.1 Å². The summed E-state index contributed by atoms with van der Waals surface area (Å²) >= 11 is 0. The van der Waals surface area contributed by atoms with Gasteiger partial charge >= 0.3 is 18.5 Å². The number of hydrogen-bond acceptors (Lipinski definition) is 4. The maximum Gasteiger partial charge on any atom is 0.422 e. The van der Waals surface area contributed by atoms with E-state index in [9.17, 15) is 61.5 Å². The highest BCUT2D eigenvalue weighted by Gasteiger charge is 2.41. The van der Waals surface area contributed by atoms with Gasteiger partial charge in [-0.25, -0.2) is 22.0 Å². The molecular formula is C21H8F14N2O2. The number of hydrogen-bond donors (Lipinski definition) is 2. The lowest BCUT2D eigenvalue weighted by molar-refractivity contribution is -0.141. The molecule has 0 radical (unpaired) electrons. The van der Waals surface area contributed by atoms with E-state index in [1.807, 2.05) is 0 Å². The van der Waals surface area contributed by atoms with Gasteiger partial charge in [0.1, 0.15) is 22.9 Å². The number of alkyl halides is 9. The second-order valence-electron chi connectivity index (χ2n) is 7.40. The fourth-order valence-corrected chi connectivity index (χ4v) is 3.09. The van der Waals surface area contributed by atoms with Gasteiger partial charge in [-0.1, -0.05) is 0 Å². The van der Waals surface area contributed by atoms with Crippen molar-refractivity contribution in [1.29, 1.82) is 0 Å². The smallest absolute Gasteiger partial charge is 0.422 e. The molecule has 39 heavy (non-hydrogen) atoms. The van der Waals surface area contributed by atoms with Gasteiger partial charge in [-0.3, -0.25) is 0 Å². The molecule has 0 unspecified atom stereocenters. The Labute approximate surface area is 206 Å². The van der Waals surface area contributed by atoms with Crippen LogP contribution in [0.5, 0.6) is 23.0 Å². The number of rotatable bonds is 4. The molecule has 0 atom stereocenters. The average Bonchev–Trinajstić information content (AvgIpc) is 2.76. The summed E-state index contributed by atoms with van der Waals surface area (Å²) in [5.74, 6) is -18.3. The van der Waals surface area contributed by atoms with Crippen LogP contribution >= 0.6 is 0 Å². The molecule has 18 heteroatoms. The molecule has 0 aliphatic carbocycles. The summed E-state index contributed by atoms with van der Waals surface area (Å²) in [6, 6.07) is -1.03. The SMILES string of the molecule is Nc1c(C(F)(F)F)cc(F)c(Oc2cc(F)c(C(F)(F)F)c(Oc3c(F)cc(C(F)(F)F)c(N)c3F)c2)c1F. The molecule has 4 N–H and O–H groups in total. The third-order valence-electron chi connectivity index (χ3n) is 4.78. The van der Waals surface area contributed by atoms with Gasteiger partial charge in [0.15, 0.2) is 23.3 Å². The highest BCUT2D eigenvalue weighted by atomic mass is 19.4. The molecule has 0 aliphatic rings. The lowest BCUT2D eigenvalue weighted by atomic mass is 10.1. The number of benzene rings is 3. The average molecular weight is 586 g/mol. The molecule has 0 spiro atoms. The standard InChI is InChI=1S/C21H8F14N2O2/c22-8-1-5(38-17-9(23)3-6(19(27,28)29)15(36)13(17)25)2-11(12(8)21(33,34)35)39-18-10(24)4-7(20(30,31)32)16(37)14(18)26/h1-4H,36-37H2. The Balaban J connectivity index is 2.18. The fourth-order valence-electron chi connectivity index (χ4n) is 3.09. The first-order chi connectivity index (χ1) is 17.6. The van der Waals surface area contributed by atoms with E-state index in [0.29, 0.717) is 0 Å². The molecule has 0 aliphatic heterocycles. The van der Waals surface area contributed by atoms with Crippen molar-refractivity contribution in [3.8, 4) is 23.0 Å². The summed E-state index contributed by atoms with van der Waals surface area (Å²) in [6.45, 7) is 0. The van der Waals surface area contributed by atoms with Crippen LogP contribution in [0.15, 0.2) is 24.3 Å². The van der Waals surface area contributed by atoms with Crippen LogP contribution in [0.4, 0.5) is 72.8 Å². The Hall–Kier alpha value is -4.12. The minimum atomic E-state index is -5.71. The number of nitrogen functional groups attached to an aromatic ring is 2. The molecule has 0 fully saturated rings. The zero-order valence-corrected chi connectivity index (χ0v) is 18.1. The Kier molecular flexibility index (Phi) is 7.22. The number of anilines is 2. The molecule has 0 saturated carbocycles. The molecule has 3 rings (SSSR count). The van der Waals surface area contributed by atoms with Crippen LogP contribution in [0.2, 0.25) is 0 Å². The van der Waals surface area contributed by atoms with Crippen molar-refractivity contribution in [3.63, 3.8) is 0 Å². The van der Waals surface area contributed by atoms with Gasteiger partial charge in [0.05, 0.1) is 22.5 Å². The monoisotopic (exact) mass is 586 g/mol. The van der Waals surface area contributed by atoms with Crippen molar-refractivity contribution in [1.82, 2.24) is 0 Å². The molecule has 0 bridgehead atoms. The van der Waals surface area contributed by atoms with Crippen molar-refractivity contribution in [2.24, 2.45) is 0 Å². The summed E-state index contributed by atoms with van der Waals surface area (Å²) in [5.41, 5.74) is -0.132.